The van der Waals surface area contributed by atoms with Crippen LogP contribution < -0.4 is 23.6 Å². The van der Waals surface area contributed by atoms with Crippen LogP contribution in [-0.4, -0.2) is 14.7 Å². The molecule has 1 heterocycles. The van der Waals surface area contributed by atoms with Gasteiger partial charge in [0.15, 0.2) is 0 Å². The second-order valence-electron chi connectivity index (χ2n) is 4.44. The van der Waals surface area contributed by atoms with Gasteiger partial charge in [0.05, 0.1) is 6.26 Å². The number of hydrogen-bond donors (Lipinski definition) is 1. The van der Waals surface area contributed by atoms with Crippen LogP contribution in [0.25, 0.3) is 11.0 Å². The molecule has 6 heteroatoms. The van der Waals surface area contributed by atoms with Crippen LogP contribution in [0.15, 0.2) is 28.7 Å². The Kier molecular flexibility index (Phi) is 5.54. The van der Waals surface area contributed by atoms with E-state index in [1.165, 1.54) is 0 Å². The average Bonchev–Trinajstić information content (AvgIpc) is 2.66. The zero-order chi connectivity index (χ0) is 13.2. The molecule has 0 aliphatic rings. The molecule has 1 N–H and O–H groups in total. The average molecular weight is 275 g/mol. The summed E-state index contributed by atoms with van der Waals surface area (Å²) in [5.74, 6) is 0.948. The van der Waals surface area contributed by atoms with E-state index >= 15 is 0 Å². The van der Waals surface area contributed by atoms with Crippen molar-refractivity contribution in [2.24, 2.45) is 0 Å². The standard InChI is InChI=1S/C13H17NO3S.Li.H/c1-3-4-5-12-9-10-8-11(14-18(2,15)16)6-7-13(10)17-12;;/h6-9,14H,3-5H2,1-2H3;;/q;+1;-1. The molecule has 0 saturated carbocycles. The quantitative estimate of drug-likeness (QED) is 0.797. The molecule has 0 atom stereocenters. The Balaban J connectivity index is 0.00000180. The zero-order valence-corrected chi connectivity index (χ0v) is 12.4. The number of rotatable bonds is 5. The molecule has 0 radical (unpaired) electrons. The molecule has 0 fully saturated rings. The third-order valence-corrected chi connectivity index (χ3v) is 3.25. The maximum absolute atomic E-state index is 11.1. The molecule has 0 aliphatic heterocycles. The number of nitrogens with one attached hydrogen (secondary N) is 1. The molecule has 2 rings (SSSR count). The number of anilines is 1. The zero-order valence-electron chi connectivity index (χ0n) is 12.6. The van der Waals surface area contributed by atoms with Gasteiger partial charge >= 0.3 is 18.9 Å². The fraction of sp³-hybridized carbons (Fsp3) is 0.385. The molecule has 2 aromatic rings. The Morgan fingerprint density at radius 3 is 2.68 bits per heavy atom. The van der Waals surface area contributed by atoms with Gasteiger partial charge in [-0.3, -0.25) is 4.72 Å². The molecule has 0 spiro atoms. The Hall–Kier alpha value is -0.893. The molecule has 0 aliphatic carbocycles. The van der Waals surface area contributed by atoms with Crippen molar-refractivity contribution < 1.29 is 33.1 Å². The third kappa shape index (κ3) is 4.61. The molecule has 1 aromatic heterocycles. The monoisotopic (exact) mass is 275 g/mol. The van der Waals surface area contributed by atoms with Crippen molar-refractivity contribution in [3.05, 3.63) is 30.0 Å². The predicted octanol–water partition coefficient (Wildman–Crippen LogP) is 0.263. The number of aryl methyl sites for hydroxylation is 1. The normalized spacial score (nSPS) is 11.3. The first kappa shape index (κ1) is 16.2. The fourth-order valence-corrected chi connectivity index (χ4v) is 2.41. The minimum Gasteiger partial charge on any atom is -1.00 e. The Bertz CT molecular complexity index is 655. The van der Waals surface area contributed by atoms with Crippen molar-refractivity contribution in [1.29, 1.82) is 0 Å². The van der Waals surface area contributed by atoms with Crippen LogP contribution in [0, 0.1) is 0 Å². The van der Waals surface area contributed by atoms with Crippen LogP contribution in [0.2, 0.25) is 0 Å². The van der Waals surface area contributed by atoms with Gasteiger partial charge in [-0.2, -0.15) is 0 Å². The van der Waals surface area contributed by atoms with E-state index in [9.17, 15) is 8.42 Å². The first-order chi connectivity index (χ1) is 8.48. The summed E-state index contributed by atoms with van der Waals surface area (Å²) in [5.41, 5.74) is 1.35. The summed E-state index contributed by atoms with van der Waals surface area (Å²) in [6, 6.07) is 7.25. The van der Waals surface area contributed by atoms with Gasteiger partial charge < -0.3 is 5.84 Å². The van der Waals surface area contributed by atoms with Gasteiger partial charge in [0, 0.05) is 17.5 Å². The predicted molar refractivity (Wildman–Crippen MR) is 74.4 cm³/mol. The van der Waals surface area contributed by atoms with Crippen LogP contribution in [-0.2, 0) is 16.4 Å². The minimum absolute atomic E-state index is 0. The topological polar surface area (TPSA) is 59.3 Å². The molecular formula is C13H18LiNO3S. The fourth-order valence-electron chi connectivity index (χ4n) is 1.85. The summed E-state index contributed by atoms with van der Waals surface area (Å²) in [5, 5.41) is 0.926. The Labute approximate surface area is 127 Å². The van der Waals surface area contributed by atoms with Gasteiger partial charge in [-0.15, -0.1) is 0 Å². The number of hydrogen-bond acceptors (Lipinski definition) is 3. The van der Waals surface area contributed by atoms with Gasteiger partial charge in [-0.1, -0.05) is 13.3 Å². The van der Waals surface area contributed by atoms with E-state index in [1.54, 1.807) is 18.2 Å². The summed E-state index contributed by atoms with van der Waals surface area (Å²) in [4.78, 5) is 0. The van der Waals surface area contributed by atoms with E-state index in [-0.39, 0.29) is 20.3 Å². The number of sulfonamides is 1. The van der Waals surface area contributed by atoms with E-state index in [2.05, 4.69) is 11.6 Å². The number of unbranched alkanes of at least 4 members (excludes halogenated alkanes) is 1. The van der Waals surface area contributed by atoms with E-state index in [1.807, 2.05) is 6.07 Å². The molecule has 4 nitrogen and oxygen atoms in total. The molecule has 0 unspecified atom stereocenters. The summed E-state index contributed by atoms with van der Waals surface area (Å²) in [7, 11) is -3.23. The van der Waals surface area contributed by atoms with E-state index in [0.29, 0.717) is 5.69 Å². The van der Waals surface area contributed by atoms with Crippen LogP contribution >= 0.6 is 0 Å². The first-order valence-corrected chi connectivity index (χ1v) is 7.87. The molecule has 1 aromatic carbocycles. The first-order valence-electron chi connectivity index (χ1n) is 5.98. The van der Waals surface area contributed by atoms with Crippen molar-refractivity contribution in [2.45, 2.75) is 26.2 Å². The van der Waals surface area contributed by atoms with Crippen LogP contribution in [0.5, 0.6) is 0 Å². The number of benzene rings is 1. The van der Waals surface area contributed by atoms with Crippen molar-refractivity contribution in [2.75, 3.05) is 11.0 Å². The molecule has 100 valence electrons. The van der Waals surface area contributed by atoms with Gasteiger partial charge in [0.25, 0.3) is 0 Å². The summed E-state index contributed by atoms with van der Waals surface area (Å²) < 4.78 is 30.4. The maximum atomic E-state index is 11.1. The van der Waals surface area contributed by atoms with Crippen LogP contribution in [0.3, 0.4) is 0 Å². The van der Waals surface area contributed by atoms with Gasteiger partial charge in [0.1, 0.15) is 11.3 Å². The molecule has 0 amide bonds. The summed E-state index contributed by atoms with van der Waals surface area (Å²) >= 11 is 0. The SMILES string of the molecule is CCCCc1cc2cc(NS(C)(=O)=O)ccc2o1.[H-].[Li+]. The second kappa shape index (κ2) is 6.51. The molecule has 0 saturated heterocycles. The molecule has 19 heavy (non-hydrogen) atoms. The van der Waals surface area contributed by atoms with Crippen LogP contribution in [0.1, 0.15) is 27.0 Å². The maximum Gasteiger partial charge on any atom is 1.00 e. The summed E-state index contributed by atoms with van der Waals surface area (Å²) in [6.45, 7) is 2.14. The number of furan rings is 1. The smallest absolute Gasteiger partial charge is 1.00 e. The van der Waals surface area contributed by atoms with E-state index in [0.717, 1.165) is 42.2 Å². The molecular weight excluding hydrogens is 257 g/mol. The van der Waals surface area contributed by atoms with Crippen molar-refractivity contribution >= 4 is 26.7 Å². The largest absolute Gasteiger partial charge is 1.00 e. The van der Waals surface area contributed by atoms with Crippen molar-refractivity contribution in [3.8, 4) is 0 Å². The Morgan fingerprint density at radius 1 is 1.32 bits per heavy atom. The van der Waals surface area contributed by atoms with Crippen molar-refractivity contribution in [3.63, 3.8) is 0 Å². The third-order valence-electron chi connectivity index (χ3n) is 2.65. The molecule has 0 bridgehead atoms. The van der Waals surface area contributed by atoms with E-state index in [4.69, 9.17) is 4.42 Å². The van der Waals surface area contributed by atoms with Gasteiger partial charge in [-0.25, -0.2) is 8.42 Å². The Morgan fingerprint density at radius 2 is 2.05 bits per heavy atom. The minimum atomic E-state index is -3.23. The van der Waals surface area contributed by atoms with Gasteiger partial charge in [-0.05, 0) is 30.7 Å². The number of fused-ring (bicyclic) bond motifs is 1. The second-order valence-corrected chi connectivity index (χ2v) is 6.19. The summed E-state index contributed by atoms with van der Waals surface area (Å²) in [6.07, 6.45) is 4.27. The van der Waals surface area contributed by atoms with E-state index < -0.39 is 10.0 Å². The van der Waals surface area contributed by atoms with Crippen molar-refractivity contribution in [1.82, 2.24) is 0 Å². The van der Waals surface area contributed by atoms with Gasteiger partial charge in [0.2, 0.25) is 10.0 Å². The van der Waals surface area contributed by atoms with Crippen LogP contribution in [0.4, 0.5) is 5.69 Å².